The van der Waals surface area contributed by atoms with Crippen molar-refractivity contribution in [3.63, 3.8) is 0 Å². The number of rotatable bonds is 9. The van der Waals surface area contributed by atoms with Crippen LogP contribution in [0.4, 0.5) is 5.69 Å². The lowest BCUT2D eigenvalue weighted by Gasteiger charge is -2.21. The molecule has 1 aromatic carbocycles. The van der Waals surface area contributed by atoms with Gasteiger partial charge in [0.2, 0.25) is 10.0 Å². The number of benzene rings is 1. The van der Waals surface area contributed by atoms with Crippen LogP contribution in [0, 0.1) is 0 Å². The van der Waals surface area contributed by atoms with E-state index in [1.165, 1.54) is 4.31 Å². The Bertz CT molecular complexity index is 512. The Morgan fingerprint density at radius 3 is 2.29 bits per heavy atom. The van der Waals surface area contributed by atoms with Crippen LogP contribution in [0.3, 0.4) is 0 Å². The molecule has 0 aliphatic rings. The summed E-state index contributed by atoms with van der Waals surface area (Å²) in [4.78, 5) is 0.310. The maximum Gasteiger partial charge on any atom is 0.243 e. The summed E-state index contributed by atoms with van der Waals surface area (Å²) in [6, 6.07) is 6.76. The third kappa shape index (κ3) is 5.30. The quantitative estimate of drug-likeness (QED) is 0.686. The Morgan fingerprint density at radius 2 is 1.76 bits per heavy atom. The van der Waals surface area contributed by atoms with Crippen LogP contribution in [0.2, 0.25) is 0 Å². The normalized spacial score (nSPS) is 12.1. The molecule has 5 nitrogen and oxygen atoms in total. The molecule has 0 spiro atoms. The first-order chi connectivity index (χ1) is 9.89. The van der Waals surface area contributed by atoms with Gasteiger partial charge in [0, 0.05) is 31.9 Å². The van der Waals surface area contributed by atoms with E-state index in [1.807, 2.05) is 13.8 Å². The van der Waals surface area contributed by atoms with Crippen molar-refractivity contribution in [1.82, 2.24) is 4.31 Å². The minimum atomic E-state index is -3.41. The van der Waals surface area contributed by atoms with Crippen LogP contribution in [0.1, 0.15) is 33.1 Å². The van der Waals surface area contributed by atoms with Crippen LogP contribution in [0.15, 0.2) is 29.2 Å². The standard InChI is InChI=1S/C15H26N2O3S/c1-13(2)17(3)21(19,20)15-9-7-14(8-10-15)16-11-5-4-6-12-18/h7-10,13,16,18H,4-6,11-12H2,1-3H3. The van der Waals surface area contributed by atoms with Crippen LogP contribution in [-0.2, 0) is 10.0 Å². The molecule has 0 saturated carbocycles. The SMILES string of the molecule is CC(C)N(C)S(=O)(=O)c1ccc(NCCCCCO)cc1. The molecule has 0 aromatic heterocycles. The van der Waals surface area contributed by atoms with Crippen molar-refractivity contribution in [2.24, 2.45) is 0 Å². The van der Waals surface area contributed by atoms with Crippen LogP contribution in [-0.4, -0.2) is 44.1 Å². The van der Waals surface area contributed by atoms with Crippen molar-refractivity contribution in [2.75, 3.05) is 25.5 Å². The average Bonchev–Trinajstić information content (AvgIpc) is 2.46. The lowest BCUT2D eigenvalue weighted by atomic mass is 10.2. The second kappa shape index (κ2) is 8.36. The van der Waals surface area contributed by atoms with E-state index in [0.717, 1.165) is 31.5 Å². The fourth-order valence-corrected chi connectivity index (χ4v) is 3.20. The first-order valence-corrected chi connectivity index (χ1v) is 8.76. The van der Waals surface area contributed by atoms with Gasteiger partial charge in [-0.1, -0.05) is 0 Å². The van der Waals surface area contributed by atoms with Crippen LogP contribution < -0.4 is 5.32 Å². The highest BCUT2D eigenvalue weighted by molar-refractivity contribution is 7.89. The number of aliphatic hydroxyl groups excluding tert-OH is 1. The zero-order valence-electron chi connectivity index (χ0n) is 13.0. The fraction of sp³-hybridized carbons (Fsp3) is 0.600. The second-order valence-corrected chi connectivity index (χ2v) is 7.35. The number of hydrogen-bond acceptors (Lipinski definition) is 4. The molecule has 120 valence electrons. The molecular formula is C15H26N2O3S. The summed E-state index contributed by atoms with van der Waals surface area (Å²) >= 11 is 0. The van der Waals surface area contributed by atoms with Gasteiger partial charge in [-0.05, 0) is 57.4 Å². The smallest absolute Gasteiger partial charge is 0.243 e. The summed E-state index contributed by atoms with van der Waals surface area (Å²) in [5.74, 6) is 0. The Labute approximate surface area is 128 Å². The van der Waals surface area contributed by atoms with E-state index in [4.69, 9.17) is 5.11 Å². The molecule has 1 rings (SSSR count). The molecule has 1 aromatic rings. The van der Waals surface area contributed by atoms with Gasteiger partial charge in [0.1, 0.15) is 0 Å². The predicted octanol–water partition coefficient (Wildman–Crippen LogP) is 2.29. The molecule has 0 aliphatic carbocycles. The largest absolute Gasteiger partial charge is 0.396 e. The summed E-state index contributed by atoms with van der Waals surface area (Å²) in [5.41, 5.74) is 0.908. The molecular weight excluding hydrogens is 288 g/mol. The van der Waals surface area contributed by atoms with Crippen molar-refractivity contribution in [1.29, 1.82) is 0 Å². The maximum absolute atomic E-state index is 12.3. The molecule has 0 saturated heterocycles. The fourth-order valence-electron chi connectivity index (χ4n) is 1.83. The Balaban J connectivity index is 2.62. The first kappa shape index (κ1) is 17.9. The second-order valence-electron chi connectivity index (χ2n) is 5.35. The van der Waals surface area contributed by atoms with Gasteiger partial charge in [-0.3, -0.25) is 0 Å². The van der Waals surface area contributed by atoms with E-state index in [1.54, 1.807) is 31.3 Å². The molecule has 21 heavy (non-hydrogen) atoms. The highest BCUT2D eigenvalue weighted by atomic mass is 32.2. The molecule has 0 fully saturated rings. The lowest BCUT2D eigenvalue weighted by molar-refractivity contribution is 0.283. The minimum Gasteiger partial charge on any atom is -0.396 e. The molecule has 2 N–H and O–H groups in total. The van der Waals surface area contributed by atoms with Gasteiger partial charge in [-0.25, -0.2) is 8.42 Å². The van der Waals surface area contributed by atoms with E-state index in [-0.39, 0.29) is 12.6 Å². The van der Waals surface area contributed by atoms with Crippen molar-refractivity contribution < 1.29 is 13.5 Å². The Morgan fingerprint density at radius 1 is 1.14 bits per heavy atom. The highest BCUT2D eigenvalue weighted by Gasteiger charge is 2.22. The third-order valence-corrected chi connectivity index (χ3v) is 5.47. The van der Waals surface area contributed by atoms with E-state index < -0.39 is 10.0 Å². The van der Waals surface area contributed by atoms with Crippen molar-refractivity contribution in [3.8, 4) is 0 Å². The average molecular weight is 314 g/mol. The number of nitrogens with zero attached hydrogens (tertiary/aromatic N) is 1. The summed E-state index contributed by atoms with van der Waals surface area (Å²) < 4.78 is 26.0. The molecule has 0 radical (unpaired) electrons. The lowest BCUT2D eigenvalue weighted by Crippen LogP contribution is -2.33. The summed E-state index contributed by atoms with van der Waals surface area (Å²) in [5, 5.41) is 11.9. The van der Waals surface area contributed by atoms with Gasteiger partial charge in [0.25, 0.3) is 0 Å². The molecule has 0 amide bonds. The third-order valence-electron chi connectivity index (χ3n) is 3.42. The van der Waals surface area contributed by atoms with E-state index in [0.29, 0.717) is 4.90 Å². The van der Waals surface area contributed by atoms with E-state index in [9.17, 15) is 8.42 Å². The number of anilines is 1. The molecule has 0 atom stereocenters. The number of aliphatic hydroxyl groups is 1. The maximum atomic E-state index is 12.3. The number of sulfonamides is 1. The van der Waals surface area contributed by atoms with E-state index in [2.05, 4.69) is 5.32 Å². The van der Waals surface area contributed by atoms with E-state index >= 15 is 0 Å². The van der Waals surface area contributed by atoms with Crippen LogP contribution in [0.5, 0.6) is 0 Å². The Hall–Kier alpha value is -1.11. The molecule has 6 heteroatoms. The topological polar surface area (TPSA) is 69.6 Å². The van der Waals surface area contributed by atoms with Crippen molar-refractivity contribution in [2.45, 2.75) is 44.0 Å². The zero-order chi connectivity index (χ0) is 15.9. The summed E-state index contributed by atoms with van der Waals surface area (Å²) in [6.07, 6.45) is 2.78. The van der Waals surface area contributed by atoms with Crippen LogP contribution in [0.25, 0.3) is 0 Å². The zero-order valence-corrected chi connectivity index (χ0v) is 13.9. The van der Waals surface area contributed by atoms with Gasteiger partial charge >= 0.3 is 0 Å². The monoisotopic (exact) mass is 314 g/mol. The number of hydrogen-bond donors (Lipinski definition) is 2. The van der Waals surface area contributed by atoms with Crippen LogP contribution >= 0.6 is 0 Å². The van der Waals surface area contributed by atoms with Gasteiger partial charge < -0.3 is 10.4 Å². The summed E-state index contributed by atoms with van der Waals surface area (Å²) in [6.45, 7) is 4.74. The molecule has 0 heterocycles. The predicted molar refractivity (Wildman–Crippen MR) is 86.0 cm³/mol. The molecule has 0 bridgehead atoms. The molecule has 0 aliphatic heterocycles. The van der Waals surface area contributed by atoms with Gasteiger partial charge in [0.05, 0.1) is 4.90 Å². The number of unbranched alkanes of at least 4 members (excludes halogenated alkanes) is 2. The molecule has 0 unspecified atom stereocenters. The summed E-state index contributed by atoms with van der Waals surface area (Å²) in [7, 11) is -1.82. The Kier molecular flexibility index (Phi) is 7.14. The minimum absolute atomic E-state index is 0.0701. The number of nitrogens with one attached hydrogen (secondary N) is 1. The first-order valence-electron chi connectivity index (χ1n) is 7.32. The highest BCUT2D eigenvalue weighted by Crippen LogP contribution is 2.19. The van der Waals surface area contributed by atoms with Gasteiger partial charge in [-0.2, -0.15) is 4.31 Å². The van der Waals surface area contributed by atoms with Gasteiger partial charge in [0.15, 0.2) is 0 Å². The van der Waals surface area contributed by atoms with Gasteiger partial charge in [-0.15, -0.1) is 0 Å². The van der Waals surface area contributed by atoms with Crippen molar-refractivity contribution in [3.05, 3.63) is 24.3 Å². The van der Waals surface area contributed by atoms with Crippen molar-refractivity contribution >= 4 is 15.7 Å².